The standard InChI is InChI=1S/C14H12ClN5O2S/c15-9-7-12(20(21)22)13(17-8-9)16-5-6-23-14-18-10-3-1-2-4-11(10)19-14/h1-4,7-8H,5-6H2,(H,16,17)(H,18,19). The third-order valence-corrected chi connectivity index (χ3v) is 4.11. The van der Waals surface area contributed by atoms with Crippen LogP contribution in [0.15, 0.2) is 41.7 Å². The Balaban J connectivity index is 1.58. The Labute approximate surface area is 140 Å². The van der Waals surface area contributed by atoms with Crippen LogP contribution in [0.25, 0.3) is 11.0 Å². The predicted molar refractivity (Wildman–Crippen MR) is 91.2 cm³/mol. The summed E-state index contributed by atoms with van der Waals surface area (Å²) in [6, 6.07) is 9.07. The Morgan fingerprint density at radius 3 is 3.00 bits per heavy atom. The summed E-state index contributed by atoms with van der Waals surface area (Å²) in [6.07, 6.45) is 1.38. The van der Waals surface area contributed by atoms with Crippen LogP contribution < -0.4 is 5.32 Å². The number of anilines is 1. The predicted octanol–water partition coefficient (Wildman–Crippen LogP) is 3.72. The first kappa shape index (κ1) is 15.6. The van der Waals surface area contributed by atoms with Crippen molar-refractivity contribution in [3.05, 3.63) is 51.7 Å². The number of thioether (sulfide) groups is 1. The summed E-state index contributed by atoms with van der Waals surface area (Å²) in [5, 5.41) is 15.0. The summed E-state index contributed by atoms with van der Waals surface area (Å²) in [5.41, 5.74) is 1.77. The molecule has 0 saturated carbocycles. The Morgan fingerprint density at radius 1 is 1.39 bits per heavy atom. The van der Waals surface area contributed by atoms with E-state index in [0.717, 1.165) is 16.2 Å². The van der Waals surface area contributed by atoms with Crippen LogP contribution in [0, 0.1) is 10.1 Å². The van der Waals surface area contributed by atoms with Crippen molar-refractivity contribution in [3.63, 3.8) is 0 Å². The number of halogens is 1. The van der Waals surface area contributed by atoms with Gasteiger partial charge in [-0.25, -0.2) is 9.97 Å². The highest BCUT2D eigenvalue weighted by Crippen LogP contribution is 2.25. The summed E-state index contributed by atoms with van der Waals surface area (Å²) in [5.74, 6) is 0.894. The fourth-order valence-electron chi connectivity index (χ4n) is 2.02. The van der Waals surface area contributed by atoms with Crippen LogP contribution in [-0.4, -0.2) is 32.2 Å². The molecule has 0 fully saturated rings. The highest BCUT2D eigenvalue weighted by atomic mass is 35.5. The van der Waals surface area contributed by atoms with Gasteiger partial charge in [-0.1, -0.05) is 35.5 Å². The Morgan fingerprint density at radius 2 is 2.22 bits per heavy atom. The van der Waals surface area contributed by atoms with Gasteiger partial charge in [0.1, 0.15) is 0 Å². The number of hydrogen-bond acceptors (Lipinski definition) is 6. The molecule has 0 bridgehead atoms. The van der Waals surface area contributed by atoms with Crippen LogP contribution >= 0.6 is 23.4 Å². The highest BCUT2D eigenvalue weighted by Gasteiger charge is 2.15. The minimum atomic E-state index is -0.506. The van der Waals surface area contributed by atoms with Crippen molar-refractivity contribution < 1.29 is 4.92 Å². The average Bonchev–Trinajstić information content (AvgIpc) is 2.95. The molecule has 0 aliphatic rings. The fraction of sp³-hybridized carbons (Fsp3) is 0.143. The molecule has 0 amide bonds. The molecule has 23 heavy (non-hydrogen) atoms. The van der Waals surface area contributed by atoms with E-state index >= 15 is 0 Å². The number of para-hydroxylation sites is 2. The SMILES string of the molecule is O=[N+]([O-])c1cc(Cl)cnc1NCCSc1nc2ccccc2[nH]1. The Hall–Kier alpha value is -2.32. The van der Waals surface area contributed by atoms with Gasteiger partial charge in [0.25, 0.3) is 0 Å². The summed E-state index contributed by atoms with van der Waals surface area (Å²) >= 11 is 7.26. The number of fused-ring (bicyclic) bond motifs is 1. The second kappa shape index (κ2) is 6.84. The van der Waals surface area contributed by atoms with Gasteiger partial charge in [-0.2, -0.15) is 0 Å². The number of nitrogens with zero attached hydrogens (tertiary/aromatic N) is 3. The van der Waals surface area contributed by atoms with Gasteiger partial charge >= 0.3 is 5.69 Å². The molecule has 2 aromatic heterocycles. The minimum absolute atomic E-state index is 0.133. The molecule has 0 atom stereocenters. The molecule has 0 spiro atoms. The number of nitro groups is 1. The van der Waals surface area contributed by atoms with Gasteiger partial charge in [-0.05, 0) is 12.1 Å². The molecule has 2 heterocycles. The van der Waals surface area contributed by atoms with Crippen molar-refractivity contribution in [1.82, 2.24) is 15.0 Å². The monoisotopic (exact) mass is 349 g/mol. The number of hydrogen-bond donors (Lipinski definition) is 2. The van der Waals surface area contributed by atoms with E-state index in [0.29, 0.717) is 12.3 Å². The first-order chi connectivity index (χ1) is 11.1. The van der Waals surface area contributed by atoms with Crippen LogP contribution in [0.1, 0.15) is 0 Å². The summed E-state index contributed by atoms with van der Waals surface area (Å²) in [6.45, 7) is 0.511. The van der Waals surface area contributed by atoms with Crippen LogP contribution in [0.4, 0.5) is 11.5 Å². The minimum Gasteiger partial charge on any atom is -0.363 e. The second-order valence-electron chi connectivity index (χ2n) is 4.61. The van der Waals surface area contributed by atoms with E-state index in [4.69, 9.17) is 11.6 Å². The van der Waals surface area contributed by atoms with Crippen molar-refractivity contribution in [3.8, 4) is 0 Å². The molecule has 0 aliphatic carbocycles. The van der Waals surface area contributed by atoms with Gasteiger partial charge in [0.2, 0.25) is 5.82 Å². The van der Waals surface area contributed by atoms with Gasteiger partial charge in [0, 0.05) is 24.6 Å². The molecule has 9 heteroatoms. The molecular formula is C14H12ClN5O2S. The number of nitrogens with one attached hydrogen (secondary N) is 2. The van der Waals surface area contributed by atoms with Crippen molar-refractivity contribution in [2.75, 3.05) is 17.6 Å². The maximum Gasteiger partial charge on any atom is 0.312 e. The molecule has 0 saturated heterocycles. The van der Waals surface area contributed by atoms with E-state index in [9.17, 15) is 10.1 Å². The number of pyridine rings is 1. The molecule has 118 valence electrons. The molecule has 0 radical (unpaired) electrons. The number of aromatic nitrogens is 3. The van der Waals surface area contributed by atoms with Crippen LogP contribution in [0.2, 0.25) is 5.02 Å². The fourth-order valence-corrected chi connectivity index (χ4v) is 2.91. The van der Waals surface area contributed by atoms with Crippen molar-refractivity contribution in [1.29, 1.82) is 0 Å². The molecular weight excluding hydrogens is 338 g/mol. The van der Waals surface area contributed by atoms with Crippen molar-refractivity contribution in [2.24, 2.45) is 0 Å². The highest BCUT2D eigenvalue weighted by molar-refractivity contribution is 7.99. The molecule has 0 unspecified atom stereocenters. The van der Waals surface area contributed by atoms with E-state index in [1.807, 2.05) is 24.3 Å². The number of rotatable bonds is 6. The van der Waals surface area contributed by atoms with Crippen molar-refractivity contribution in [2.45, 2.75) is 5.16 Å². The van der Waals surface area contributed by atoms with Gasteiger partial charge < -0.3 is 10.3 Å². The summed E-state index contributed by atoms with van der Waals surface area (Å²) in [7, 11) is 0. The smallest absolute Gasteiger partial charge is 0.312 e. The number of H-pyrrole nitrogens is 1. The lowest BCUT2D eigenvalue weighted by atomic mass is 10.3. The molecule has 0 aliphatic heterocycles. The first-order valence-electron chi connectivity index (χ1n) is 6.75. The van der Waals surface area contributed by atoms with E-state index in [2.05, 4.69) is 20.3 Å². The van der Waals surface area contributed by atoms with Gasteiger partial charge in [-0.3, -0.25) is 10.1 Å². The van der Waals surface area contributed by atoms with Crippen molar-refractivity contribution >= 4 is 45.9 Å². The van der Waals surface area contributed by atoms with Gasteiger partial charge in [0.15, 0.2) is 5.16 Å². The molecule has 2 N–H and O–H groups in total. The lowest BCUT2D eigenvalue weighted by Crippen LogP contribution is -2.08. The number of imidazole rings is 1. The second-order valence-corrected chi connectivity index (χ2v) is 6.13. The first-order valence-corrected chi connectivity index (χ1v) is 8.11. The zero-order valence-corrected chi connectivity index (χ0v) is 13.4. The lowest BCUT2D eigenvalue weighted by molar-refractivity contribution is -0.384. The van der Waals surface area contributed by atoms with Gasteiger partial charge in [-0.15, -0.1) is 0 Å². The van der Waals surface area contributed by atoms with E-state index in [-0.39, 0.29) is 16.5 Å². The molecule has 1 aromatic carbocycles. The van der Waals surface area contributed by atoms with E-state index < -0.39 is 4.92 Å². The third-order valence-electron chi connectivity index (χ3n) is 3.03. The molecule has 7 nitrogen and oxygen atoms in total. The largest absolute Gasteiger partial charge is 0.363 e. The van der Waals surface area contributed by atoms with Crippen LogP contribution in [0.5, 0.6) is 0 Å². The summed E-state index contributed by atoms with van der Waals surface area (Å²) < 4.78 is 0. The Bertz CT molecular complexity index is 821. The lowest BCUT2D eigenvalue weighted by Gasteiger charge is -2.05. The maximum absolute atomic E-state index is 11.0. The normalized spacial score (nSPS) is 10.8. The van der Waals surface area contributed by atoms with E-state index in [1.54, 1.807) is 0 Å². The van der Waals surface area contributed by atoms with Crippen LogP contribution in [0.3, 0.4) is 0 Å². The maximum atomic E-state index is 11.0. The molecule has 3 rings (SSSR count). The zero-order chi connectivity index (χ0) is 16.2. The third kappa shape index (κ3) is 3.72. The topological polar surface area (TPSA) is 96.7 Å². The van der Waals surface area contributed by atoms with Gasteiger partial charge in [0.05, 0.1) is 21.0 Å². The zero-order valence-electron chi connectivity index (χ0n) is 11.8. The number of benzene rings is 1. The van der Waals surface area contributed by atoms with Crippen LogP contribution in [-0.2, 0) is 0 Å². The summed E-state index contributed by atoms with van der Waals surface area (Å²) in [4.78, 5) is 22.1. The Kier molecular flexibility index (Phi) is 4.63. The quantitative estimate of drug-likeness (QED) is 0.304. The molecule has 3 aromatic rings. The number of aromatic amines is 1. The van der Waals surface area contributed by atoms with E-state index in [1.165, 1.54) is 24.0 Å². The average molecular weight is 350 g/mol.